The van der Waals surface area contributed by atoms with Crippen molar-refractivity contribution in [2.24, 2.45) is 0 Å². The molecule has 0 amide bonds. The lowest BCUT2D eigenvalue weighted by molar-refractivity contribution is -0.167. The summed E-state index contributed by atoms with van der Waals surface area (Å²) in [5.41, 5.74) is 0. The van der Waals surface area contributed by atoms with Crippen LogP contribution in [0.4, 0.5) is 0 Å². The van der Waals surface area contributed by atoms with Gasteiger partial charge in [-0.15, -0.1) is 0 Å². The summed E-state index contributed by atoms with van der Waals surface area (Å²) in [5, 5.41) is 0. The summed E-state index contributed by atoms with van der Waals surface area (Å²) in [4.78, 5) is 38.3. The van der Waals surface area contributed by atoms with Gasteiger partial charge in [0, 0.05) is 19.3 Å². The molecule has 0 spiro atoms. The molecule has 1 unspecified atom stereocenters. The maximum absolute atomic E-state index is 12.9. The summed E-state index contributed by atoms with van der Waals surface area (Å²) >= 11 is 0. The average molecular weight is 1150 g/mol. The lowest BCUT2D eigenvalue weighted by atomic mass is 10.0. The lowest BCUT2D eigenvalue weighted by Crippen LogP contribution is -2.30. The zero-order chi connectivity index (χ0) is 59.2. The minimum atomic E-state index is -0.784. The van der Waals surface area contributed by atoms with Gasteiger partial charge >= 0.3 is 17.9 Å². The van der Waals surface area contributed by atoms with Crippen LogP contribution < -0.4 is 0 Å². The molecule has 0 fully saturated rings. The molecular formula is C76H138O6. The van der Waals surface area contributed by atoms with Crippen LogP contribution in [0.25, 0.3) is 0 Å². The van der Waals surface area contributed by atoms with E-state index in [-0.39, 0.29) is 31.1 Å². The minimum absolute atomic E-state index is 0.0791. The molecule has 0 aliphatic carbocycles. The maximum Gasteiger partial charge on any atom is 0.306 e. The molecule has 6 nitrogen and oxygen atoms in total. The fraction of sp³-hybridized carbons (Fsp3) is 0.829. The Morgan fingerprint density at radius 1 is 0.244 bits per heavy atom. The molecule has 0 aliphatic rings. The highest BCUT2D eigenvalue weighted by molar-refractivity contribution is 5.71. The first-order valence-corrected chi connectivity index (χ1v) is 36.3. The Balaban J connectivity index is 4.10. The Morgan fingerprint density at radius 3 is 0.744 bits per heavy atom. The van der Waals surface area contributed by atoms with Crippen LogP contribution in [0.3, 0.4) is 0 Å². The highest BCUT2D eigenvalue weighted by Gasteiger charge is 2.19. The average Bonchev–Trinajstić information content (AvgIpc) is 3.47. The van der Waals surface area contributed by atoms with Gasteiger partial charge in [-0.05, 0) is 103 Å². The molecule has 0 radical (unpaired) electrons. The summed E-state index contributed by atoms with van der Waals surface area (Å²) in [7, 11) is 0. The largest absolute Gasteiger partial charge is 0.462 e. The van der Waals surface area contributed by atoms with Crippen molar-refractivity contribution in [2.75, 3.05) is 13.2 Å². The van der Waals surface area contributed by atoms with Crippen LogP contribution in [-0.4, -0.2) is 37.2 Å². The molecule has 0 aromatic carbocycles. The Bertz CT molecular complexity index is 1460. The van der Waals surface area contributed by atoms with Crippen LogP contribution >= 0.6 is 0 Å². The van der Waals surface area contributed by atoms with Crippen molar-refractivity contribution in [1.29, 1.82) is 0 Å². The van der Waals surface area contributed by atoms with Crippen LogP contribution in [0, 0.1) is 0 Å². The first kappa shape index (κ1) is 79.1. The van der Waals surface area contributed by atoms with Gasteiger partial charge in [0.25, 0.3) is 0 Å². The number of carbonyl (C=O) groups excluding carboxylic acids is 3. The van der Waals surface area contributed by atoms with Crippen molar-refractivity contribution < 1.29 is 28.6 Å². The van der Waals surface area contributed by atoms with E-state index in [2.05, 4.69) is 81.5 Å². The van der Waals surface area contributed by atoms with Crippen molar-refractivity contribution in [2.45, 2.75) is 393 Å². The Kier molecular flexibility index (Phi) is 68.1. The van der Waals surface area contributed by atoms with E-state index in [9.17, 15) is 14.4 Å². The standard InChI is InChI=1S/C76H138O6/c1-4-7-10-13-16-19-22-24-26-28-30-32-33-34-35-36-37-38-39-40-41-42-43-45-46-48-50-52-54-57-60-63-66-69-75(78)81-72-73(71-80-74(77)68-65-62-59-56-21-18-15-12-9-6-3)82-76(79)70-67-64-61-58-55-53-51-49-47-44-31-29-27-25-23-20-17-14-11-8-5-2/h12,15,23,25,28-31,47,49,73H,4-11,13-14,16-22,24,26-27,32-46,48,50-72H2,1-3H3/b15-12-,25-23-,30-28-,31-29-,49-47-. The number of unbranched alkanes of at least 4 members (excludes halogenated alkanes) is 46. The topological polar surface area (TPSA) is 78.9 Å². The third kappa shape index (κ3) is 67.9. The number of esters is 3. The molecule has 82 heavy (non-hydrogen) atoms. The van der Waals surface area contributed by atoms with Crippen molar-refractivity contribution >= 4 is 17.9 Å². The molecule has 0 heterocycles. The third-order valence-corrected chi connectivity index (χ3v) is 16.2. The molecule has 0 N–H and O–H groups in total. The summed E-state index contributed by atoms with van der Waals surface area (Å²) in [5.74, 6) is -0.883. The van der Waals surface area contributed by atoms with E-state index in [1.165, 1.54) is 250 Å². The van der Waals surface area contributed by atoms with Crippen LogP contribution in [0.2, 0.25) is 0 Å². The summed E-state index contributed by atoms with van der Waals surface area (Å²) < 4.78 is 16.9. The predicted molar refractivity (Wildman–Crippen MR) is 358 cm³/mol. The molecule has 0 aromatic heterocycles. The third-order valence-electron chi connectivity index (χ3n) is 16.2. The van der Waals surface area contributed by atoms with E-state index in [4.69, 9.17) is 14.2 Å². The van der Waals surface area contributed by atoms with Gasteiger partial charge < -0.3 is 14.2 Å². The van der Waals surface area contributed by atoms with E-state index in [1.807, 2.05) is 0 Å². The van der Waals surface area contributed by atoms with Crippen LogP contribution in [0.15, 0.2) is 60.8 Å². The number of allylic oxidation sites excluding steroid dienone is 10. The number of rotatable bonds is 67. The number of hydrogen-bond acceptors (Lipinski definition) is 6. The van der Waals surface area contributed by atoms with Crippen LogP contribution in [0.1, 0.15) is 387 Å². The quantitative estimate of drug-likeness (QED) is 0.0261. The van der Waals surface area contributed by atoms with Gasteiger partial charge in [0.15, 0.2) is 6.10 Å². The smallest absolute Gasteiger partial charge is 0.306 e. The second-order valence-corrected chi connectivity index (χ2v) is 24.5. The van der Waals surface area contributed by atoms with E-state index < -0.39 is 6.10 Å². The number of hydrogen-bond donors (Lipinski definition) is 0. The van der Waals surface area contributed by atoms with Crippen molar-refractivity contribution in [3.8, 4) is 0 Å². The Hall–Kier alpha value is -2.89. The normalized spacial score (nSPS) is 12.4. The Labute approximate surface area is 510 Å². The predicted octanol–water partition coefficient (Wildman–Crippen LogP) is 25.1. The van der Waals surface area contributed by atoms with Crippen molar-refractivity contribution in [3.05, 3.63) is 60.8 Å². The molecule has 1 atom stereocenters. The van der Waals surface area contributed by atoms with Gasteiger partial charge in [-0.25, -0.2) is 0 Å². The van der Waals surface area contributed by atoms with E-state index >= 15 is 0 Å². The van der Waals surface area contributed by atoms with Crippen molar-refractivity contribution in [3.63, 3.8) is 0 Å². The lowest BCUT2D eigenvalue weighted by Gasteiger charge is -2.18. The first-order chi connectivity index (χ1) is 40.5. The van der Waals surface area contributed by atoms with E-state index in [0.717, 1.165) is 96.3 Å². The SMILES string of the molecule is CCC/C=C\CCCCCCCC(=O)OCC(COC(=O)CCCCCCCCCCCCCCCCCCCCCCC/C=C\CCCCCCCCCC)OC(=O)CCCCCCCC/C=C\C/C=C\C/C=C\CCCCCCC. The van der Waals surface area contributed by atoms with Gasteiger partial charge in [0.2, 0.25) is 0 Å². The molecule has 0 aromatic rings. The molecule has 6 heteroatoms. The first-order valence-electron chi connectivity index (χ1n) is 36.3. The highest BCUT2D eigenvalue weighted by atomic mass is 16.6. The Morgan fingerprint density at radius 2 is 0.463 bits per heavy atom. The fourth-order valence-corrected chi connectivity index (χ4v) is 10.7. The van der Waals surface area contributed by atoms with Gasteiger partial charge in [0.05, 0.1) is 0 Å². The summed E-state index contributed by atoms with van der Waals surface area (Å²) in [6.07, 6.45) is 91.4. The second-order valence-electron chi connectivity index (χ2n) is 24.5. The van der Waals surface area contributed by atoms with Gasteiger partial charge in [0.1, 0.15) is 13.2 Å². The number of carbonyl (C=O) groups is 3. The monoisotopic (exact) mass is 1150 g/mol. The molecule has 0 rings (SSSR count). The summed E-state index contributed by atoms with van der Waals surface area (Å²) in [6, 6.07) is 0. The van der Waals surface area contributed by atoms with Gasteiger partial charge in [-0.3, -0.25) is 14.4 Å². The minimum Gasteiger partial charge on any atom is -0.462 e. The molecular weight excluding hydrogens is 1010 g/mol. The molecule has 0 aliphatic heterocycles. The molecule has 0 saturated heterocycles. The molecule has 0 saturated carbocycles. The zero-order valence-corrected chi connectivity index (χ0v) is 55.0. The van der Waals surface area contributed by atoms with E-state index in [1.54, 1.807) is 0 Å². The fourth-order valence-electron chi connectivity index (χ4n) is 10.7. The summed E-state index contributed by atoms with van der Waals surface area (Å²) in [6.45, 7) is 6.60. The highest BCUT2D eigenvalue weighted by Crippen LogP contribution is 2.18. The van der Waals surface area contributed by atoms with Gasteiger partial charge in [-0.2, -0.15) is 0 Å². The van der Waals surface area contributed by atoms with Crippen molar-refractivity contribution in [1.82, 2.24) is 0 Å². The maximum atomic E-state index is 12.9. The number of ether oxygens (including phenoxy) is 3. The molecule has 0 bridgehead atoms. The van der Waals surface area contributed by atoms with Gasteiger partial charge in [-0.1, -0.05) is 326 Å². The van der Waals surface area contributed by atoms with E-state index in [0.29, 0.717) is 19.3 Å². The molecule has 478 valence electrons. The van der Waals surface area contributed by atoms with Crippen LogP contribution in [0.5, 0.6) is 0 Å². The second kappa shape index (κ2) is 70.6. The zero-order valence-electron chi connectivity index (χ0n) is 55.0. The van der Waals surface area contributed by atoms with Crippen LogP contribution in [-0.2, 0) is 28.6 Å².